The van der Waals surface area contributed by atoms with Gasteiger partial charge in [-0.2, -0.15) is 0 Å². The molecule has 1 saturated heterocycles. The van der Waals surface area contributed by atoms with Gasteiger partial charge in [0.1, 0.15) is 5.75 Å². The Morgan fingerprint density at radius 3 is 2.63 bits per heavy atom. The zero-order chi connectivity index (χ0) is 21.7. The van der Waals surface area contributed by atoms with Crippen LogP contribution in [0.2, 0.25) is 0 Å². The molecule has 1 aromatic heterocycles. The summed E-state index contributed by atoms with van der Waals surface area (Å²) in [5, 5.41) is 11.2. The number of nitrogens with zero attached hydrogens (tertiary/aromatic N) is 5. The molecule has 0 saturated carbocycles. The molecule has 1 fully saturated rings. The van der Waals surface area contributed by atoms with Gasteiger partial charge in [0.05, 0.1) is 19.3 Å². The predicted octanol–water partition coefficient (Wildman–Crippen LogP) is 2.03. The molecule has 0 unspecified atom stereocenters. The zero-order valence-corrected chi connectivity index (χ0v) is 18.8. The van der Waals surface area contributed by atoms with Crippen LogP contribution in [0, 0.1) is 13.8 Å². The number of benzene rings is 1. The van der Waals surface area contributed by atoms with Crippen molar-refractivity contribution in [3.63, 3.8) is 0 Å². The first-order valence-corrected chi connectivity index (χ1v) is 10.6. The lowest BCUT2D eigenvalue weighted by atomic mass is 10.00. The summed E-state index contributed by atoms with van der Waals surface area (Å²) in [5.41, 5.74) is 4.26. The van der Waals surface area contributed by atoms with Crippen molar-refractivity contribution in [1.82, 2.24) is 30.1 Å². The number of methoxy groups -OCH3 is 1. The lowest BCUT2D eigenvalue weighted by Gasteiger charge is -2.32. The topological polar surface area (TPSA) is 75.5 Å². The fraction of sp³-hybridized carbons (Fsp3) is 0.591. The van der Waals surface area contributed by atoms with Crippen LogP contribution in [0.3, 0.4) is 0 Å². The number of likely N-dealkylation sites (tertiary alicyclic amines) is 1. The van der Waals surface area contributed by atoms with Gasteiger partial charge < -0.3 is 15.0 Å². The zero-order valence-electron chi connectivity index (χ0n) is 18.8. The molecule has 1 amide bonds. The Morgan fingerprint density at radius 1 is 1.23 bits per heavy atom. The van der Waals surface area contributed by atoms with Crippen molar-refractivity contribution in [3.05, 3.63) is 40.7 Å². The van der Waals surface area contributed by atoms with Gasteiger partial charge >= 0.3 is 0 Å². The molecule has 30 heavy (non-hydrogen) atoms. The van der Waals surface area contributed by atoms with E-state index in [9.17, 15) is 4.79 Å². The van der Waals surface area contributed by atoms with Gasteiger partial charge in [-0.25, -0.2) is 4.68 Å². The Bertz CT molecular complexity index is 855. The maximum absolute atomic E-state index is 12.2. The predicted molar refractivity (Wildman–Crippen MR) is 117 cm³/mol. The number of likely N-dealkylation sites (N-methyl/N-ethyl adjacent to an activating group) is 1. The molecule has 1 aliphatic rings. The van der Waals surface area contributed by atoms with Crippen LogP contribution >= 0.6 is 0 Å². The minimum absolute atomic E-state index is 0.161. The van der Waals surface area contributed by atoms with E-state index in [0.717, 1.165) is 44.8 Å². The number of carbonyl (C=O) groups excluding carboxylic acids is 1. The van der Waals surface area contributed by atoms with Gasteiger partial charge in [-0.05, 0) is 63.5 Å². The minimum Gasteiger partial charge on any atom is -0.496 e. The molecule has 0 atom stereocenters. The molecule has 164 valence electrons. The van der Waals surface area contributed by atoms with Gasteiger partial charge in [0.2, 0.25) is 0 Å². The minimum atomic E-state index is -0.161. The number of amides is 1. The highest BCUT2D eigenvalue weighted by Crippen LogP contribution is 2.27. The first-order valence-electron chi connectivity index (χ1n) is 10.6. The van der Waals surface area contributed by atoms with E-state index in [1.165, 1.54) is 16.7 Å². The Hall–Kier alpha value is -2.45. The molecular formula is C22H34N6O2. The molecule has 0 spiro atoms. The third-order valence-corrected chi connectivity index (χ3v) is 5.98. The van der Waals surface area contributed by atoms with Crippen molar-refractivity contribution in [3.8, 4) is 5.75 Å². The van der Waals surface area contributed by atoms with Crippen LogP contribution in [-0.4, -0.2) is 78.1 Å². The summed E-state index contributed by atoms with van der Waals surface area (Å²) in [6.07, 6.45) is 3.78. The molecule has 2 aromatic rings. The Kier molecular flexibility index (Phi) is 7.44. The van der Waals surface area contributed by atoms with Crippen LogP contribution in [0.4, 0.5) is 0 Å². The number of ether oxygens (including phenoxy) is 1. The average Bonchev–Trinajstić information content (AvgIpc) is 3.22. The summed E-state index contributed by atoms with van der Waals surface area (Å²) < 4.78 is 7.29. The monoisotopic (exact) mass is 414 g/mol. The van der Waals surface area contributed by atoms with Crippen LogP contribution < -0.4 is 10.1 Å². The number of nitrogens with one attached hydrogen (secondary N) is 1. The van der Waals surface area contributed by atoms with Gasteiger partial charge in [-0.15, -0.1) is 5.10 Å². The van der Waals surface area contributed by atoms with Gasteiger partial charge in [0.25, 0.3) is 5.91 Å². The van der Waals surface area contributed by atoms with E-state index in [2.05, 4.69) is 46.5 Å². The fourth-order valence-electron chi connectivity index (χ4n) is 3.87. The van der Waals surface area contributed by atoms with E-state index in [1.807, 2.05) is 23.7 Å². The van der Waals surface area contributed by atoms with Crippen molar-refractivity contribution in [2.24, 2.45) is 0 Å². The second-order valence-corrected chi connectivity index (χ2v) is 8.33. The molecule has 8 nitrogen and oxygen atoms in total. The molecule has 3 rings (SSSR count). The molecular weight excluding hydrogens is 380 g/mol. The number of aromatic nitrogens is 3. The van der Waals surface area contributed by atoms with Crippen molar-refractivity contribution in [1.29, 1.82) is 0 Å². The van der Waals surface area contributed by atoms with Crippen LogP contribution in [0.1, 0.15) is 46.1 Å². The van der Waals surface area contributed by atoms with Crippen LogP contribution in [0.15, 0.2) is 18.3 Å². The Morgan fingerprint density at radius 2 is 1.97 bits per heavy atom. The van der Waals surface area contributed by atoms with E-state index in [-0.39, 0.29) is 11.9 Å². The molecule has 1 aromatic carbocycles. The van der Waals surface area contributed by atoms with E-state index in [0.29, 0.717) is 12.2 Å². The lowest BCUT2D eigenvalue weighted by Crippen LogP contribution is -2.34. The molecule has 1 aliphatic heterocycles. The Labute approximate surface area is 179 Å². The normalized spacial score (nSPS) is 15.5. The molecule has 2 heterocycles. The largest absolute Gasteiger partial charge is 0.496 e. The summed E-state index contributed by atoms with van der Waals surface area (Å²) in [4.78, 5) is 16.7. The van der Waals surface area contributed by atoms with Crippen LogP contribution in [0.25, 0.3) is 0 Å². The Balaban J connectivity index is 1.52. The number of hydrogen-bond acceptors (Lipinski definition) is 6. The highest BCUT2D eigenvalue weighted by molar-refractivity contribution is 5.91. The number of carbonyl (C=O) groups is 1. The number of rotatable bonds is 8. The smallest absolute Gasteiger partial charge is 0.273 e. The number of piperidine rings is 1. The third kappa shape index (κ3) is 5.37. The molecule has 8 heteroatoms. The maximum atomic E-state index is 12.2. The second kappa shape index (κ2) is 10.0. The second-order valence-electron chi connectivity index (χ2n) is 8.33. The lowest BCUT2D eigenvalue weighted by molar-refractivity contribution is 0.0946. The summed E-state index contributed by atoms with van der Waals surface area (Å²) in [5.74, 6) is 0.786. The van der Waals surface area contributed by atoms with Crippen LogP contribution in [-0.2, 0) is 6.54 Å². The first kappa shape index (κ1) is 22.2. The van der Waals surface area contributed by atoms with E-state index in [4.69, 9.17) is 4.74 Å². The summed E-state index contributed by atoms with van der Waals surface area (Å²) >= 11 is 0. The van der Waals surface area contributed by atoms with Crippen molar-refractivity contribution in [2.45, 2.75) is 39.3 Å². The highest BCUT2D eigenvalue weighted by atomic mass is 16.5. The summed E-state index contributed by atoms with van der Waals surface area (Å²) in [6, 6.07) is 4.52. The SMILES string of the molecule is COc1ccc(CN2CCC(n3cc(C(=O)NCCN(C)C)nn3)CC2)c(C)c1C. The standard InChI is InChI=1S/C22H34N6O2/c1-16-17(2)21(30-5)7-6-18(16)14-27-11-8-19(9-12-27)28-15-20(24-25-28)22(29)23-10-13-26(3)4/h6-7,15,19H,8-14H2,1-5H3,(H,23,29). The van der Waals surface area contributed by atoms with Gasteiger partial charge in [0, 0.05) is 32.7 Å². The third-order valence-electron chi connectivity index (χ3n) is 5.98. The fourth-order valence-corrected chi connectivity index (χ4v) is 3.87. The summed E-state index contributed by atoms with van der Waals surface area (Å²) in [6.45, 7) is 8.62. The van der Waals surface area contributed by atoms with Crippen molar-refractivity contribution < 1.29 is 9.53 Å². The highest BCUT2D eigenvalue weighted by Gasteiger charge is 2.23. The van der Waals surface area contributed by atoms with Crippen molar-refractivity contribution in [2.75, 3.05) is 47.4 Å². The van der Waals surface area contributed by atoms with Gasteiger partial charge in [0.15, 0.2) is 5.69 Å². The summed E-state index contributed by atoms with van der Waals surface area (Å²) in [7, 11) is 5.67. The van der Waals surface area contributed by atoms with Gasteiger partial charge in [-0.1, -0.05) is 11.3 Å². The first-order chi connectivity index (χ1) is 14.4. The van der Waals surface area contributed by atoms with E-state index in [1.54, 1.807) is 13.3 Å². The van der Waals surface area contributed by atoms with Crippen molar-refractivity contribution >= 4 is 5.91 Å². The van der Waals surface area contributed by atoms with Gasteiger partial charge in [-0.3, -0.25) is 9.69 Å². The average molecular weight is 415 g/mol. The molecule has 0 bridgehead atoms. The van der Waals surface area contributed by atoms with Crippen LogP contribution in [0.5, 0.6) is 5.75 Å². The molecule has 0 aliphatic carbocycles. The van der Waals surface area contributed by atoms with E-state index < -0.39 is 0 Å². The number of hydrogen-bond donors (Lipinski definition) is 1. The molecule has 1 N–H and O–H groups in total. The maximum Gasteiger partial charge on any atom is 0.273 e. The molecule has 0 radical (unpaired) electrons. The van der Waals surface area contributed by atoms with E-state index >= 15 is 0 Å². The quantitative estimate of drug-likeness (QED) is 0.712.